The van der Waals surface area contributed by atoms with Crippen molar-refractivity contribution < 1.29 is 4.92 Å². The third-order valence-electron chi connectivity index (χ3n) is 6.54. The van der Waals surface area contributed by atoms with Crippen molar-refractivity contribution in [3.05, 3.63) is 93.5 Å². The molecule has 6 rings (SSSR count). The Balaban J connectivity index is 1.40. The lowest BCUT2D eigenvalue weighted by atomic mass is 10.1. The molecule has 9 nitrogen and oxygen atoms in total. The zero-order valence-corrected chi connectivity index (χ0v) is 20.0. The van der Waals surface area contributed by atoms with Gasteiger partial charge < -0.3 is 4.90 Å². The largest absolute Gasteiger partial charge is 0.339 e. The standard InChI is InChI=1S/C26H22ClN7O2/c27-19-11-9-18(10-12-19)17-31-13-15-32(16-14-31)26-28-22-7-3-1-5-20(22)24-29-30-25(33(24)26)21-6-2-4-8-23(21)34(35)36/h1-12H,13-17H2. The van der Waals surface area contributed by atoms with Gasteiger partial charge >= 0.3 is 0 Å². The van der Waals surface area contributed by atoms with E-state index >= 15 is 0 Å². The average Bonchev–Trinajstić information content (AvgIpc) is 3.35. The first-order chi connectivity index (χ1) is 17.6. The Bertz CT molecular complexity index is 1580. The molecule has 0 amide bonds. The second-order valence-corrected chi connectivity index (χ2v) is 9.21. The van der Waals surface area contributed by atoms with Crippen LogP contribution in [0.1, 0.15) is 5.56 Å². The van der Waals surface area contributed by atoms with E-state index in [0.29, 0.717) is 23.0 Å². The molecule has 0 unspecified atom stereocenters. The van der Waals surface area contributed by atoms with Crippen molar-refractivity contribution in [1.82, 2.24) is 24.5 Å². The van der Waals surface area contributed by atoms with Crippen LogP contribution in [0.5, 0.6) is 0 Å². The van der Waals surface area contributed by atoms with Gasteiger partial charge in [-0.2, -0.15) is 0 Å². The number of fused-ring (bicyclic) bond motifs is 3. The second-order valence-electron chi connectivity index (χ2n) is 8.78. The second kappa shape index (κ2) is 9.18. The summed E-state index contributed by atoms with van der Waals surface area (Å²) in [4.78, 5) is 21.0. The zero-order valence-electron chi connectivity index (χ0n) is 19.3. The highest BCUT2D eigenvalue weighted by Gasteiger charge is 2.26. The van der Waals surface area contributed by atoms with Gasteiger partial charge in [0.15, 0.2) is 11.5 Å². The van der Waals surface area contributed by atoms with Gasteiger partial charge in [-0.15, -0.1) is 10.2 Å². The number of nitro groups is 1. The maximum Gasteiger partial charge on any atom is 0.280 e. The fourth-order valence-corrected chi connectivity index (χ4v) is 4.85. The molecule has 2 aromatic heterocycles. The molecule has 3 aromatic carbocycles. The molecule has 1 saturated heterocycles. The molecule has 180 valence electrons. The number of nitro benzene ring substituents is 1. The molecular formula is C26H22ClN7O2. The molecule has 3 heterocycles. The van der Waals surface area contributed by atoms with Crippen LogP contribution in [0, 0.1) is 10.1 Å². The first-order valence-electron chi connectivity index (χ1n) is 11.7. The first kappa shape index (κ1) is 22.4. The Morgan fingerprint density at radius 3 is 2.39 bits per heavy atom. The Morgan fingerprint density at radius 1 is 0.889 bits per heavy atom. The van der Waals surface area contributed by atoms with E-state index in [9.17, 15) is 10.1 Å². The van der Waals surface area contributed by atoms with Gasteiger partial charge in [-0.1, -0.05) is 48.0 Å². The van der Waals surface area contributed by atoms with E-state index < -0.39 is 0 Å². The molecule has 0 saturated carbocycles. The van der Waals surface area contributed by atoms with E-state index in [1.54, 1.807) is 18.2 Å². The summed E-state index contributed by atoms with van der Waals surface area (Å²) in [6.07, 6.45) is 0. The van der Waals surface area contributed by atoms with Crippen LogP contribution >= 0.6 is 11.6 Å². The fourth-order valence-electron chi connectivity index (χ4n) is 4.73. The van der Waals surface area contributed by atoms with Crippen molar-refractivity contribution in [1.29, 1.82) is 0 Å². The number of hydrogen-bond donors (Lipinski definition) is 0. The molecule has 0 radical (unpaired) electrons. The highest BCUT2D eigenvalue weighted by molar-refractivity contribution is 6.30. The highest BCUT2D eigenvalue weighted by Crippen LogP contribution is 2.33. The number of benzene rings is 3. The van der Waals surface area contributed by atoms with Crippen LogP contribution in [0.2, 0.25) is 5.02 Å². The summed E-state index contributed by atoms with van der Waals surface area (Å²) >= 11 is 6.03. The summed E-state index contributed by atoms with van der Waals surface area (Å²) in [6.45, 7) is 4.05. The molecule has 5 aromatic rings. The summed E-state index contributed by atoms with van der Waals surface area (Å²) in [5, 5.41) is 22.2. The van der Waals surface area contributed by atoms with Crippen LogP contribution in [0.4, 0.5) is 11.6 Å². The molecule has 0 N–H and O–H groups in total. The monoisotopic (exact) mass is 499 g/mol. The fraction of sp³-hybridized carbons (Fsp3) is 0.192. The average molecular weight is 500 g/mol. The van der Waals surface area contributed by atoms with E-state index in [0.717, 1.165) is 48.6 Å². The third kappa shape index (κ3) is 4.02. The minimum absolute atomic E-state index is 0.0151. The number of halogens is 1. The number of anilines is 1. The summed E-state index contributed by atoms with van der Waals surface area (Å²) in [5.74, 6) is 1.10. The Morgan fingerprint density at radius 2 is 1.61 bits per heavy atom. The van der Waals surface area contributed by atoms with Crippen molar-refractivity contribution >= 4 is 39.8 Å². The van der Waals surface area contributed by atoms with Crippen molar-refractivity contribution in [3.8, 4) is 11.4 Å². The van der Waals surface area contributed by atoms with Gasteiger partial charge in [0.05, 0.1) is 16.0 Å². The Hall–Kier alpha value is -4.08. The van der Waals surface area contributed by atoms with E-state index in [1.165, 1.54) is 11.6 Å². The lowest BCUT2D eigenvalue weighted by Crippen LogP contribution is -2.46. The van der Waals surface area contributed by atoms with Crippen LogP contribution in [0.3, 0.4) is 0 Å². The Kier molecular flexibility index (Phi) is 5.71. The van der Waals surface area contributed by atoms with Crippen LogP contribution in [0.15, 0.2) is 72.8 Å². The van der Waals surface area contributed by atoms with Gasteiger partial charge in [-0.3, -0.25) is 15.0 Å². The summed E-state index contributed by atoms with van der Waals surface area (Å²) < 4.78 is 1.86. The summed E-state index contributed by atoms with van der Waals surface area (Å²) in [6, 6.07) is 22.3. The molecule has 1 aliphatic heterocycles. The SMILES string of the molecule is O=[N+]([O-])c1ccccc1-c1nnc2c3ccccc3nc(N3CCN(Cc4ccc(Cl)cc4)CC3)n12. The van der Waals surface area contributed by atoms with Crippen LogP contribution in [-0.4, -0.2) is 55.6 Å². The van der Waals surface area contributed by atoms with E-state index in [-0.39, 0.29) is 10.6 Å². The normalized spacial score (nSPS) is 14.5. The van der Waals surface area contributed by atoms with Crippen LogP contribution in [0.25, 0.3) is 27.9 Å². The molecule has 1 aliphatic rings. The van der Waals surface area contributed by atoms with Crippen LogP contribution in [-0.2, 0) is 6.54 Å². The highest BCUT2D eigenvalue weighted by atomic mass is 35.5. The first-order valence-corrected chi connectivity index (χ1v) is 12.1. The maximum absolute atomic E-state index is 11.8. The van der Waals surface area contributed by atoms with Crippen molar-refractivity contribution in [2.75, 3.05) is 31.1 Å². The molecule has 0 bridgehead atoms. The number of piperazine rings is 1. The maximum atomic E-state index is 11.8. The minimum atomic E-state index is -0.389. The van der Waals surface area contributed by atoms with Gasteiger partial charge in [0, 0.05) is 49.2 Å². The number of aromatic nitrogens is 4. The van der Waals surface area contributed by atoms with E-state index in [4.69, 9.17) is 16.6 Å². The van der Waals surface area contributed by atoms with Crippen molar-refractivity contribution in [3.63, 3.8) is 0 Å². The number of nitrogens with zero attached hydrogens (tertiary/aromatic N) is 7. The van der Waals surface area contributed by atoms with Crippen molar-refractivity contribution in [2.45, 2.75) is 6.54 Å². The third-order valence-corrected chi connectivity index (χ3v) is 6.80. The quantitative estimate of drug-likeness (QED) is 0.252. The van der Waals surface area contributed by atoms with Crippen LogP contribution < -0.4 is 4.90 Å². The van der Waals surface area contributed by atoms with Gasteiger partial charge in [-0.05, 0) is 35.9 Å². The molecule has 10 heteroatoms. The van der Waals surface area contributed by atoms with Gasteiger partial charge in [-0.25, -0.2) is 9.38 Å². The summed E-state index contributed by atoms with van der Waals surface area (Å²) in [5.41, 5.74) is 3.06. The molecule has 1 fully saturated rings. The lowest BCUT2D eigenvalue weighted by Gasteiger charge is -2.35. The number of para-hydroxylation sites is 2. The minimum Gasteiger partial charge on any atom is -0.339 e. The zero-order chi connectivity index (χ0) is 24.6. The predicted octanol–water partition coefficient (Wildman–Crippen LogP) is 4.83. The van der Waals surface area contributed by atoms with Gasteiger partial charge in [0.1, 0.15) is 0 Å². The van der Waals surface area contributed by atoms with E-state index in [1.807, 2.05) is 40.8 Å². The van der Waals surface area contributed by atoms with E-state index in [2.05, 4.69) is 32.1 Å². The topological polar surface area (TPSA) is 92.7 Å². The van der Waals surface area contributed by atoms with Crippen molar-refractivity contribution in [2.24, 2.45) is 0 Å². The van der Waals surface area contributed by atoms with Gasteiger partial charge in [0.25, 0.3) is 5.69 Å². The summed E-state index contributed by atoms with van der Waals surface area (Å²) in [7, 11) is 0. The van der Waals surface area contributed by atoms with Gasteiger partial charge in [0.2, 0.25) is 5.95 Å². The molecule has 0 atom stereocenters. The molecular weight excluding hydrogens is 478 g/mol. The molecule has 36 heavy (non-hydrogen) atoms. The lowest BCUT2D eigenvalue weighted by molar-refractivity contribution is -0.384. The number of rotatable bonds is 5. The molecule has 0 aliphatic carbocycles. The number of hydrogen-bond acceptors (Lipinski definition) is 7. The predicted molar refractivity (Wildman–Crippen MR) is 139 cm³/mol. The Labute approximate surface area is 211 Å². The molecule has 0 spiro atoms. The smallest absolute Gasteiger partial charge is 0.280 e.